The summed E-state index contributed by atoms with van der Waals surface area (Å²) in [6.45, 7) is 6.53. The lowest BCUT2D eigenvalue weighted by atomic mass is 10.0. The van der Waals surface area contributed by atoms with Crippen molar-refractivity contribution >= 4 is 17.9 Å². The van der Waals surface area contributed by atoms with Crippen molar-refractivity contribution in [1.82, 2.24) is 0 Å². The Morgan fingerprint density at radius 1 is 0.263 bits per heavy atom. The monoisotopic (exact) mass is 1110 g/mol. The van der Waals surface area contributed by atoms with Gasteiger partial charge < -0.3 is 14.2 Å². The number of esters is 3. The summed E-state index contributed by atoms with van der Waals surface area (Å²) in [5, 5.41) is 0. The lowest BCUT2D eigenvalue weighted by molar-refractivity contribution is -0.167. The van der Waals surface area contributed by atoms with Crippen LogP contribution in [0.4, 0.5) is 0 Å². The van der Waals surface area contributed by atoms with Crippen molar-refractivity contribution in [3.8, 4) is 0 Å². The molecule has 0 aromatic carbocycles. The number of hydrogen-bond donors (Lipinski definition) is 0. The van der Waals surface area contributed by atoms with E-state index in [-0.39, 0.29) is 31.1 Å². The molecule has 0 aliphatic rings. The number of carbonyl (C=O) groups excluding carboxylic acids is 3. The molecule has 0 fully saturated rings. The summed E-state index contributed by atoms with van der Waals surface area (Å²) >= 11 is 0. The van der Waals surface area contributed by atoms with E-state index < -0.39 is 6.10 Å². The highest BCUT2D eigenvalue weighted by Crippen LogP contribution is 2.16. The first-order chi connectivity index (χ1) is 39.5. The zero-order chi connectivity index (χ0) is 57.8. The lowest BCUT2D eigenvalue weighted by Gasteiger charge is -2.18. The van der Waals surface area contributed by atoms with E-state index in [9.17, 15) is 14.4 Å². The molecule has 1 unspecified atom stereocenters. The zero-order valence-corrected chi connectivity index (χ0v) is 52.8. The average Bonchev–Trinajstić information content (AvgIpc) is 3.46. The first kappa shape index (κ1) is 76.3. The highest BCUT2D eigenvalue weighted by molar-refractivity contribution is 5.71. The van der Waals surface area contributed by atoms with Gasteiger partial charge in [-0.25, -0.2) is 0 Å². The molecule has 0 rings (SSSR count). The van der Waals surface area contributed by atoms with Crippen molar-refractivity contribution in [2.45, 2.75) is 341 Å². The van der Waals surface area contributed by atoms with E-state index in [1.165, 1.54) is 186 Å². The molecule has 0 aromatic rings. The van der Waals surface area contributed by atoms with Gasteiger partial charge in [0.25, 0.3) is 0 Å². The van der Waals surface area contributed by atoms with Crippen molar-refractivity contribution < 1.29 is 28.6 Å². The summed E-state index contributed by atoms with van der Waals surface area (Å²) in [5.41, 5.74) is 0. The number of hydrogen-bond acceptors (Lipinski definition) is 6. The fourth-order valence-electron chi connectivity index (χ4n) is 9.67. The summed E-state index contributed by atoms with van der Waals surface area (Å²) in [7, 11) is 0. The van der Waals surface area contributed by atoms with Crippen LogP contribution in [-0.4, -0.2) is 37.2 Å². The van der Waals surface area contributed by atoms with Crippen LogP contribution in [0.2, 0.25) is 0 Å². The van der Waals surface area contributed by atoms with Gasteiger partial charge in [-0.3, -0.25) is 14.4 Å². The first-order valence-electron chi connectivity index (χ1n) is 34.2. The first-order valence-corrected chi connectivity index (χ1v) is 34.2. The SMILES string of the molecule is CC/C=C\C/C=C\C/C=C\C/C=C\C/C=C\CCCCCCCCCC(=O)OCC(COC(=O)CCCCCCC/C=C\CCCCCCCCC)OC(=O)CCCCCCCCCCCCC/C=C\C/C=C\CCCCCCC. The molecular formula is C74H128O6. The minimum atomic E-state index is -0.790. The van der Waals surface area contributed by atoms with E-state index in [2.05, 4.69) is 118 Å². The molecule has 0 amide bonds. The van der Waals surface area contributed by atoms with Gasteiger partial charge in [-0.05, 0) is 122 Å². The van der Waals surface area contributed by atoms with Crippen LogP contribution in [0.25, 0.3) is 0 Å². The van der Waals surface area contributed by atoms with E-state index in [0.717, 1.165) is 109 Å². The topological polar surface area (TPSA) is 78.9 Å². The molecule has 0 N–H and O–H groups in total. The van der Waals surface area contributed by atoms with Crippen LogP contribution in [0, 0.1) is 0 Å². The second-order valence-corrected chi connectivity index (χ2v) is 22.7. The van der Waals surface area contributed by atoms with Gasteiger partial charge in [0.2, 0.25) is 0 Å². The molecule has 6 nitrogen and oxygen atoms in total. The minimum Gasteiger partial charge on any atom is -0.462 e. The molecule has 0 aliphatic carbocycles. The molecule has 80 heavy (non-hydrogen) atoms. The van der Waals surface area contributed by atoms with Gasteiger partial charge >= 0.3 is 17.9 Å². The van der Waals surface area contributed by atoms with Crippen LogP contribution in [0.3, 0.4) is 0 Å². The smallest absolute Gasteiger partial charge is 0.306 e. The summed E-state index contributed by atoms with van der Waals surface area (Å²) in [6.07, 6.45) is 91.3. The molecule has 1 atom stereocenters. The van der Waals surface area contributed by atoms with Gasteiger partial charge in [0.15, 0.2) is 6.10 Å². The Bertz CT molecular complexity index is 1560. The summed E-state index contributed by atoms with van der Waals surface area (Å²) in [6, 6.07) is 0. The van der Waals surface area contributed by atoms with Crippen molar-refractivity contribution in [2.75, 3.05) is 13.2 Å². The Balaban J connectivity index is 4.39. The Morgan fingerprint density at radius 2 is 0.487 bits per heavy atom. The molecule has 6 heteroatoms. The normalized spacial score (nSPS) is 12.7. The van der Waals surface area contributed by atoms with Crippen LogP contribution >= 0.6 is 0 Å². The fourth-order valence-corrected chi connectivity index (χ4v) is 9.67. The molecule has 0 aromatic heterocycles. The van der Waals surface area contributed by atoms with Crippen molar-refractivity contribution in [2.24, 2.45) is 0 Å². The summed E-state index contributed by atoms with van der Waals surface area (Å²) in [4.78, 5) is 38.4. The van der Waals surface area contributed by atoms with Crippen LogP contribution in [0.15, 0.2) is 97.2 Å². The summed E-state index contributed by atoms with van der Waals surface area (Å²) in [5.74, 6) is -0.892. The Morgan fingerprint density at radius 3 is 0.775 bits per heavy atom. The molecule has 0 aliphatic heterocycles. The van der Waals surface area contributed by atoms with Crippen LogP contribution in [0.5, 0.6) is 0 Å². The molecular weight excluding hydrogens is 985 g/mol. The third kappa shape index (κ3) is 65.1. The fraction of sp³-hybridized carbons (Fsp3) is 0.743. The van der Waals surface area contributed by atoms with Crippen molar-refractivity contribution in [1.29, 1.82) is 0 Å². The van der Waals surface area contributed by atoms with E-state index >= 15 is 0 Å². The second-order valence-electron chi connectivity index (χ2n) is 22.7. The van der Waals surface area contributed by atoms with E-state index in [1.807, 2.05) is 0 Å². The van der Waals surface area contributed by atoms with Gasteiger partial charge in [0.05, 0.1) is 0 Å². The zero-order valence-electron chi connectivity index (χ0n) is 52.8. The predicted molar refractivity (Wildman–Crippen MR) is 348 cm³/mol. The number of ether oxygens (including phenoxy) is 3. The van der Waals surface area contributed by atoms with Crippen molar-refractivity contribution in [3.63, 3.8) is 0 Å². The van der Waals surface area contributed by atoms with Gasteiger partial charge in [0.1, 0.15) is 13.2 Å². The maximum atomic E-state index is 13.0. The van der Waals surface area contributed by atoms with E-state index in [0.29, 0.717) is 19.3 Å². The standard InChI is InChI=1S/C74H128O6/c1-4-7-10-13-16-19-22-25-28-31-33-35-37-39-41-43-46-49-52-55-58-61-64-67-73(76)79-70-71(69-78-72(75)66-63-60-57-54-51-48-45-30-27-24-21-18-15-12-9-6-3)80-74(77)68-65-62-59-56-53-50-47-44-42-40-38-36-34-32-29-26-23-20-17-14-11-8-5-2/h7,10,16,19,23,25-26,28,30,32-35,39,41,45,71H,4-6,8-9,11-15,17-18,20-22,24,27,29,31,36-38,40,42-44,46-70H2,1-3H3/b10-7-,19-16-,26-23-,28-25-,34-32-,35-33-,41-39-,45-30-. The van der Waals surface area contributed by atoms with Crippen LogP contribution in [-0.2, 0) is 28.6 Å². The largest absolute Gasteiger partial charge is 0.462 e. The average molecular weight is 1110 g/mol. The molecule has 460 valence electrons. The van der Waals surface area contributed by atoms with Crippen LogP contribution < -0.4 is 0 Å². The molecule has 0 radical (unpaired) electrons. The van der Waals surface area contributed by atoms with Gasteiger partial charge in [-0.2, -0.15) is 0 Å². The van der Waals surface area contributed by atoms with Gasteiger partial charge in [-0.1, -0.05) is 291 Å². The highest BCUT2D eigenvalue weighted by Gasteiger charge is 2.19. The molecule has 0 saturated heterocycles. The van der Waals surface area contributed by atoms with Crippen LogP contribution in [0.1, 0.15) is 335 Å². The lowest BCUT2D eigenvalue weighted by Crippen LogP contribution is -2.30. The van der Waals surface area contributed by atoms with E-state index in [4.69, 9.17) is 14.2 Å². The van der Waals surface area contributed by atoms with Gasteiger partial charge in [0, 0.05) is 19.3 Å². The minimum absolute atomic E-state index is 0.0849. The third-order valence-electron chi connectivity index (χ3n) is 14.8. The number of rotatable bonds is 62. The predicted octanol–water partition coefficient (Wildman–Crippen LogP) is 23.6. The second kappa shape index (κ2) is 67.8. The quantitative estimate of drug-likeness (QED) is 0.0261. The molecule has 0 heterocycles. The number of allylic oxidation sites excluding steroid dienone is 16. The maximum absolute atomic E-state index is 13.0. The van der Waals surface area contributed by atoms with E-state index in [1.54, 1.807) is 0 Å². The Hall–Kier alpha value is -3.67. The third-order valence-corrected chi connectivity index (χ3v) is 14.8. The maximum Gasteiger partial charge on any atom is 0.306 e. The summed E-state index contributed by atoms with van der Waals surface area (Å²) < 4.78 is 17.0. The Kier molecular flexibility index (Phi) is 64.7. The molecule has 0 saturated carbocycles. The van der Waals surface area contributed by atoms with Gasteiger partial charge in [-0.15, -0.1) is 0 Å². The molecule has 0 spiro atoms. The Labute approximate surface area is 496 Å². The number of carbonyl (C=O) groups is 3. The highest BCUT2D eigenvalue weighted by atomic mass is 16.6. The number of unbranched alkanes of at least 4 members (excludes halogenated alkanes) is 35. The molecule has 0 bridgehead atoms. The van der Waals surface area contributed by atoms with Crippen molar-refractivity contribution in [3.05, 3.63) is 97.2 Å².